The lowest BCUT2D eigenvalue weighted by molar-refractivity contribution is 0.0932. The van der Waals surface area contributed by atoms with E-state index in [4.69, 9.17) is 0 Å². The van der Waals surface area contributed by atoms with Crippen molar-refractivity contribution < 1.29 is 4.79 Å². The van der Waals surface area contributed by atoms with E-state index < -0.39 is 0 Å². The van der Waals surface area contributed by atoms with Crippen molar-refractivity contribution in [1.82, 2.24) is 14.9 Å². The van der Waals surface area contributed by atoms with Crippen molar-refractivity contribution in [2.45, 2.75) is 25.7 Å². The standard InChI is InChI=1S/C13H20BrN3O/c1-17-8-12(16-9-17)13(18)15-7-11-5-3-2-4-10(11)6-14/h8-11H,2-7H2,1H3,(H,15,18). The van der Waals surface area contributed by atoms with Crippen LogP contribution in [0.1, 0.15) is 36.2 Å². The average molecular weight is 314 g/mol. The van der Waals surface area contributed by atoms with Gasteiger partial charge in [0.05, 0.1) is 6.33 Å². The van der Waals surface area contributed by atoms with Crippen LogP contribution in [0, 0.1) is 11.8 Å². The number of halogens is 1. The van der Waals surface area contributed by atoms with E-state index in [1.165, 1.54) is 25.7 Å². The number of carbonyl (C=O) groups excluding carboxylic acids is 1. The van der Waals surface area contributed by atoms with Crippen molar-refractivity contribution in [3.63, 3.8) is 0 Å². The normalized spacial score (nSPS) is 23.9. The van der Waals surface area contributed by atoms with Gasteiger partial charge in [-0.05, 0) is 24.7 Å². The monoisotopic (exact) mass is 313 g/mol. The number of hydrogen-bond donors (Lipinski definition) is 1. The van der Waals surface area contributed by atoms with Gasteiger partial charge < -0.3 is 9.88 Å². The predicted octanol–water partition coefficient (Wildman–Crippen LogP) is 2.35. The minimum Gasteiger partial charge on any atom is -0.350 e. The topological polar surface area (TPSA) is 46.9 Å². The van der Waals surface area contributed by atoms with Gasteiger partial charge in [0.15, 0.2) is 0 Å². The van der Waals surface area contributed by atoms with Crippen LogP contribution >= 0.6 is 15.9 Å². The fraction of sp³-hybridized carbons (Fsp3) is 0.692. The van der Waals surface area contributed by atoms with Crippen molar-refractivity contribution in [3.8, 4) is 0 Å². The SMILES string of the molecule is Cn1cnc(C(=O)NCC2CCCCC2CBr)c1. The number of aryl methyl sites for hydroxylation is 1. The summed E-state index contributed by atoms with van der Waals surface area (Å²) in [6.45, 7) is 0.770. The largest absolute Gasteiger partial charge is 0.350 e. The minimum absolute atomic E-state index is 0.0607. The number of alkyl halides is 1. The van der Waals surface area contributed by atoms with Gasteiger partial charge in [-0.3, -0.25) is 4.79 Å². The van der Waals surface area contributed by atoms with Gasteiger partial charge >= 0.3 is 0 Å². The maximum atomic E-state index is 11.9. The van der Waals surface area contributed by atoms with Crippen LogP contribution in [0.4, 0.5) is 0 Å². The zero-order chi connectivity index (χ0) is 13.0. The number of hydrogen-bond acceptors (Lipinski definition) is 2. The molecule has 1 amide bonds. The number of aromatic nitrogens is 2. The highest BCUT2D eigenvalue weighted by molar-refractivity contribution is 9.09. The summed E-state index contributed by atoms with van der Waals surface area (Å²) in [4.78, 5) is 16.0. The number of amides is 1. The van der Waals surface area contributed by atoms with E-state index in [0.29, 0.717) is 17.5 Å². The van der Waals surface area contributed by atoms with Crippen molar-refractivity contribution in [3.05, 3.63) is 18.2 Å². The highest BCUT2D eigenvalue weighted by atomic mass is 79.9. The Kier molecular flexibility index (Phi) is 4.80. The van der Waals surface area contributed by atoms with Crippen LogP contribution in [0.5, 0.6) is 0 Å². The second-order valence-corrected chi connectivity index (χ2v) is 5.74. The zero-order valence-corrected chi connectivity index (χ0v) is 12.3. The maximum absolute atomic E-state index is 11.9. The fourth-order valence-corrected chi connectivity index (χ4v) is 3.45. The molecule has 100 valence electrons. The van der Waals surface area contributed by atoms with E-state index in [1.54, 1.807) is 17.1 Å². The second-order valence-electron chi connectivity index (χ2n) is 5.09. The van der Waals surface area contributed by atoms with Gasteiger partial charge in [0.2, 0.25) is 0 Å². The van der Waals surface area contributed by atoms with E-state index in [0.717, 1.165) is 11.9 Å². The molecule has 1 fully saturated rings. The molecule has 0 spiro atoms. The van der Waals surface area contributed by atoms with Gasteiger partial charge in [0.25, 0.3) is 5.91 Å². The molecule has 0 aliphatic heterocycles. The van der Waals surface area contributed by atoms with E-state index in [-0.39, 0.29) is 5.91 Å². The third-order valence-electron chi connectivity index (χ3n) is 3.73. The summed E-state index contributed by atoms with van der Waals surface area (Å²) in [6, 6.07) is 0. The molecule has 0 aromatic carbocycles. The predicted molar refractivity (Wildman–Crippen MR) is 74.8 cm³/mol. The molecule has 2 atom stereocenters. The van der Waals surface area contributed by atoms with Gasteiger partial charge in [-0.15, -0.1) is 0 Å². The zero-order valence-electron chi connectivity index (χ0n) is 10.7. The molecule has 0 saturated heterocycles. The molecule has 4 nitrogen and oxygen atoms in total. The van der Waals surface area contributed by atoms with Crippen LogP contribution in [0.3, 0.4) is 0 Å². The lowest BCUT2D eigenvalue weighted by Gasteiger charge is -2.30. The first-order valence-electron chi connectivity index (χ1n) is 6.53. The van der Waals surface area contributed by atoms with Gasteiger partial charge in [-0.25, -0.2) is 4.98 Å². The Morgan fingerprint density at radius 1 is 1.50 bits per heavy atom. The lowest BCUT2D eigenvalue weighted by atomic mass is 9.80. The number of carbonyl (C=O) groups is 1. The molecular formula is C13H20BrN3O. The molecule has 2 rings (SSSR count). The minimum atomic E-state index is -0.0607. The number of rotatable bonds is 4. The second kappa shape index (κ2) is 6.36. The van der Waals surface area contributed by atoms with Gasteiger partial charge in [0, 0.05) is 25.1 Å². The number of nitrogens with zero attached hydrogens (tertiary/aromatic N) is 2. The molecule has 1 N–H and O–H groups in total. The third-order valence-corrected chi connectivity index (χ3v) is 4.56. The molecule has 0 radical (unpaired) electrons. The van der Waals surface area contributed by atoms with Crippen LogP contribution < -0.4 is 5.32 Å². The molecule has 5 heteroatoms. The van der Waals surface area contributed by atoms with E-state index in [1.807, 2.05) is 7.05 Å². The first kappa shape index (κ1) is 13.6. The van der Waals surface area contributed by atoms with Crippen molar-refractivity contribution >= 4 is 21.8 Å². The molecule has 1 aliphatic carbocycles. The molecule has 1 aromatic heterocycles. The van der Waals surface area contributed by atoms with Crippen LogP contribution in [0.15, 0.2) is 12.5 Å². The Labute approximate surface area is 116 Å². The van der Waals surface area contributed by atoms with E-state index in [9.17, 15) is 4.79 Å². The highest BCUT2D eigenvalue weighted by Crippen LogP contribution is 2.30. The van der Waals surface area contributed by atoms with Crippen LogP contribution in [-0.4, -0.2) is 27.3 Å². The van der Waals surface area contributed by atoms with Gasteiger partial charge in [0.1, 0.15) is 5.69 Å². The average Bonchev–Trinajstić information content (AvgIpc) is 2.83. The molecule has 18 heavy (non-hydrogen) atoms. The Morgan fingerprint density at radius 2 is 2.22 bits per heavy atom. The summed E-state index contributed by atoms with van der Waals surface area (Å²) in [5.41, 5.74) is 0.503. The molecule has 0 bridgehead atoms. The molecule has 2 unspecified atom stereocenters. The quantitative estimate of drug-likeness (QED) is 0.867. The van der Waals surface area contributed by atoms with E-state index >= 15 is 0 Å². The summed E-state index contributed by atoms with van der Waals surface area (Å²) in [7, 11) is 1.87. The Balaban J connectivity index is 1.85. The van der Waals surface area contributed by atoms with E-state index in [2.05, 4.69) is 26.2 Å². The lowest BCUT2D eigenvalue weighted by Crippen LogP contribution is -2.35. The summed E-state index contributed by atoms with van der Waals surface area (Å²) < 4.78 is 1.79. The molecule has 1 saturated carbocycles. The summed E-state index contributed by atoms with van der Waals surface area (Å²) >= 11 is 3.58. The summed E-state index contributed by atoms with van der Waals surface area (Å²) in [6.07, 6.45) is 8.50. The smallest absolute Gasteiger partial charge is 0.271 e. The third kappa shape index (κ3) is 3.34. The molecule has 1 aliphatic rings. The number of imidazole rings is 1. The first-order chi connectivity index (χ1) is 8.70. The van der Waals surface area contributed by atoms with Crippen molar-refractivity contribution in [2.24, 2.45) is 18.9 Å². The van der Waals surface area contributed by atoms with Crippen LogP contribution in [-0.2, 0) is 7.05 Å². The number of nitrogens with one attached hydrogen (secondary N) is 1. The first-order valence-corrected chi connectivity index (χ1v) is 7.65. The maximum Gasteiger partial charge on any atom is 0.271 e. The summed E-state index contributed by atoms with van der Waals surface area (Å²) in [5.74, 6) is 1.24. The molecule has 1 heterocycles. The van der Waals surface area contributed by atoms with Crippen LogP contribution in [0.2, 0.25) is 0 Å². The highest BCUT2D eigenvalue weighted by Gasteiger charge is 2.24. The van der Waals surface area contributed by atoms with Crippen molar-refractivity contribution in [1.29, 1.82) is 0 Å². The van der Waals surface area contributed by atoms with Gasteiger partial charge in [-0.1, -0.05) is 28.8 Å². The van der Waals surface area contributed by atoms with Crippen LogP contribution in [0.25, 0.3) is 0 Å². The fourth-order valence-electron chi connectivity index (χ4n) is 2.60. The Hall–Kier alpha value is -0.840. The van der Waals surface area contributed by atoms with Gasteiger partial charge in [-0.2, -0.15) is 0 Å². The summed E-state index contributed by atoms with van der Waals surface area (Å²) in [5, 5.41) is 4.05. The molecular weight excluding hydrogens is 294 g/mol. The molecule has 1 aromatic rings. The Morgan fingerprint density at radius 3 is 2.83 bits per heavy atom. The van der Waals surface area contributed by atoms with Crippen molar-refractivity contribution in [2.75, 3.05) is 11.9 Å². The Bertz CT molecular complexity index is 405.